The fraction of sp³-hybridized carbons (Fsp3) is 0.462. The minimum atomic E-state index is -3.90. The molecule has 1 aromatic carbocycles. The van der Waals surface area contributed by atoms with Crippen LogP contribution in [0.4, 0.5) is 10.1 Å². The van der Waals surface area contributed by atoms with Crippen molar-refractivity contribution in [2.75, 3.05) is 32.9 Å². The van der Waals surface area contributed by atoms with E-state index in [1.165, 1.54) is 17.9 Å². The van der Waals surface area contributed by atoms with Crippen LogP contribution in [-0.2, 0) is 14.8 Å². The molecule has 0 saturated heterocycles. The second-order valence-electron chi connectivity index (χ2n) is 4.86. The Hall–Kier alpha value is -1.67. The van der Waals surface area contributed by atoms with Crippen molar-refractivity contribution < 1.29 is 17.6 Å². The summed E-state index contributed by atoms with van der Waals surface area (Å²) in [6.07, 6.45) is 0. The van der Waals surface area contributed by atoms with Gasteiger partial charge in [0.15, 0.2) is 0 Å². The Morgan fingerprint density at radius 1 is 1.33 bits per heavy atom. The van der Waals surface area contributed by atoms with Crippen LogP contribution in [0.5, 0.6) is 0 Å². The molecule has 2 N–H and O–H groups in total. The molecule has 0 heterocycles. The van der Waals surface area contributed by atoms with E-state index >= 15 is 0 Å². The standard InChI is InChI=1S/C13H20FN3O3S/c1-5-17(8-12(18)16(3)4)21(19,20)10-6-9(2)13(14)11(15)7-10/h6-7H,5,8,15H2,1-4H3. The van der Waals surface area contributed by atoms with Crippen molar-refractivity contribution in [1.29, 1.82) is 0 Å². The maximum atomic E-state index is 13.5. The van der Waals surface area contributed by atoms with E-state index in [1.54, 1.807) is 21.0 Å². The van der Waals surface area contributed by atoms with Crippen LogP contribution in [0.1, 0.15) is 12.5 Å². The number of amides is 1. The minimum Gasteiger partial charge on any atom is -0.396 e. The van der Waals surface area contributed by atoms with Gasteiger partial charge in [0.05, 0.1) is 17.1 Å². The number of likely N-dealkylation sites (N-methyl/N-ethyl adjacent to an activating group) is 2. The number of sulfonamides is 1. The molecule has 1 amide bonds. The molecule has 0 saturated carbocycles. The van der Waals surface area contributed by atoms with Gasteiger partial charge in [-0.25, -0.2) is 12.8 Å². The third kappa shape index (κ3) is 3.70. The number of anilines is 1. The fourth-order valence-corrected chi connectivity index (χ4v) is 3.24. The number of benzene rings is 1. The number of halogens is 1. The molecule has 1 rings (SSSR count). The predicted octanol–water partition coefficient (Wildman–Crippen LogP) is 0.815. The number of hydrogen-bond acceptors (Lipinski definition) is 4. The second kappa shape index (κ2) is 6.40. The molecule has 0 aliphatic rings. The maximum Gasteiger partial charge on any atom is 0.243 e. The van der Waals surface area contributed by atoms with E-state index in [0.29, 0.717) is 0 Å². The van der Waals surface area contributed by atoms with E-state index in [-0.39, 0.29) is 35.1 Å². The first-order chi connectivity index (χ1) is 9.61. The molecule has 0 fully saturated rings. The van der Waals surface area contributed by atoms with E-state index in [2.05, 4.69) is 0 Å². The molecule has 0 aromatic heterocycles. The molecule has 0 spiro atoms. The van der Waals surface area contributed by atoms with Crippen molar-refractivity contribution in [3.63, 3.8) is 0 Å². The van der Waals surface area contributed by atoms with Crippen molar-refractivity contribution in [3.8, 4) is 0 Å². The summed E-state index contributed by atoms with van der Waals surface area (Å²) in [5, 5.41) is 0. The fourth-order valence-electron chi connectivity index (χ4n) is 1.72. The number of carbonyl (C=O) groups excluding carboxylic acids is 1. The number of nitrogens with zero attached hydrogens (tertiary/aromatic N) is 2. The third-order valence-electron chi connectivity index (χ3n) is 3.06. The summed E-state index contributed by atoms with van der Waals surface area (Å²) < 4.78 is 39.6. The average molecular weight is 317 g/mol. The van der Waals surface area contributed by atoms with Gasteiger partial charge in [-0.15, -0.1) is 0 Å². The summed E-state index contributed by atoms with van der Waals surface area (Å²) in [5.41, 5.74) is 5.39. The first kappa shape index (κ1) is 17.4. The van der Waals surface area contributed by atoms with Gasteiger partial charge < -0.3 is 10.6 Å². The van der Waals surface area contributed by atoms with E-state index in [4.69, 9.17) is 5.73 Å². The van der Waals surface area contributed by atoms with Crippen LogP contribution >= 0.6 is 0 Å². The van der Waals surface area contributed by atoms with Crippen molar-refractivity contribution in [1.82, 2.24) is 9.21 Å². The van der Waals surface area contributed by atoms with Crippen LogP contribution < -0.4 is 5.73 Å². The summed E-state index contributed by atoms with van der Waals surface area (Å²) in [5.74, 6) is -0.978. The lowest BCUT2D eigenvalue weighted by molar-refractivity contribution is -0.128. The number of hydrogen-bond donors (Lipinski definition) is 1. The lowest BCUT2D eigenvalue weighted by Crippen LogP contribution is -2.40. The first-order valence-corrected chi connectivity index (χ1v) is 7.81. The Bertz CT molecular complexity index is 621. The minimum absolute atomic E-state index is 0.118. The number of nitrogens with two attached hydrogens (primary N) is 1. The molecule has 118 valence electrons. The second-order valence-corrected chi connectivity index (χ2v) is 6.80. The summed E-state index contributed by atoms with van der Waals surface area (Å²) in [4.78, 5) is 12.9. The highest BCUT2D eigenvalue weighted by Crippen LogP contribution is 2.23. The molecular formula is C13H20FN3O3S. The van der Waals surface area contributed by atoms with Gasteiger partial charge in [0, 0.05) is 20.6 Å². The van der Waals surface area contributed by atoms with Gasteiger partial charge in [-0.1, -0.05) is 6.92 Å². The zero-order valence-corrected chi connectivity index (χ0v) is 13.4. The van der Waals surface area contributed by atoms with Crippen LogP contribution in [0.3, 0.4) is 0 Å². The van der Waals surface area contributed by atoms with Gasteiger partial charge in [-0.2, -0.15) is 4.31 Å². The van der Waals surface area contributed by atoms with E-state index in [0.717, 1.165) is 10.4 Å². The van der Waals surface area contributed by atoms with E-state index < -0.39 is 15.8 Å². The number of rotatable bonds is 5. The summed E-state index contributed by atoms with van der Waals surface area (Å²) in [7, 11) is -0.813. The average Bonchev–Trinajstić information content (AvgIpc) is 2.40. The summed E-state index contributed by atoms with van der Waals surface area (Å²) >= 11 is 0. The molecule has 0 aliphatic carbocycles. The molecule has 6 nitrogen and oxygen atoms in total. The van der Waals surface area contributed by atoms with Crippen molar-refractivity contribution in [2.24, 2.45) is 0 Å². The molecule has 0 radical (unpaired) electrons. The number of nitrogen functional groups attached to an aromatic ring is 1. The highest BCUT2D eigenvalue weighted by molar-refractivity contribution is 7.89. The molecular weight excluding hydrogens is 297 g/mol. The number of aryl methyl sites for hydroxylation is 1. The molecule has 0 aliphatic heterocycles. The Labute approximate surface area is 124 Å². The Morgan fingerprint density at radius 2 is 1.90 bits per heavy atom. The van der Waals surface area contributed by atoms with Crippen LogP contribution in [0.2, 0.25) is 0 Å². The highest BCUT2D eigenvalue weighted by Gasteiger charge is 2.27. The normalized spacial score (nSPS) is 11.7. The zero-order chi connectivity index (χ0) is 16.4. The van der Waals surface area contributed by atoms with Crippen LogP contribution in [0.25, 0.3) is 0 Å². The largest absolute Gasteiger partial charge is 0.396 e. The van der Waals surface area contributed by atoms with Crippen LogP contribution in [-0.4, -0.2) is 50.7 Å². The lowest BCUT2D eigenvalue weighted by Gasteiger charge is -2.22. The molecule has 0 unspecified atom stereocenters. The molecule has 8 heteroatoms. The maximum absolute atomic E-state index is 13.5. The van der Waals surface area contributed by atoms with Crippen LogP contribution in [0, 0.1) is 12.7 Å². The predicted molar refractivity (Wildman–Crippen MR) is 78.7 cm³/mol. The Kier molecular flexibility index (Phi) is 5.30. The van der Waals surface area contributed by atoms with Crippen molar-refractivity contribution in [2.45, 2.75) is 18.7 Å². The van der Waals surface area contributed by atoms with E-state index in [1.807, 2.05) is 0 Å². The third-order valence-corrected chi connectivity index (χ3v) is 4.96. The quantitative estimate of drug-likeness (QED) is 0.815. The lowest BCUT2D eigenvalue weighted by atomic mass is 10.2. The topological polar surface area (TPSA) is 83.7 Å². The molecule has 0 atom stereocenters. The van der Waals surface area contributed by atoms with Crippen molar-refractivity contribution in [3.05, 3.63) is 23.5 Å². The van der Waals surface area contributed by atoms with Crippen molar-refractivity contribution >= 4 is 21.6 Å². The van der Waals surface area contributed by atoms with Gasteiger partial charge in [-0.05, 0) is 24.6 Å². The van der Waals surface area contributed by atoms with Gasteiger partial charge in [0.1, 0.15) is 5.82 Å². The number of carbonyl (C=O) groups is 1. The molecule has 0 bridgehead atoms. The van der Waals surface area contributed by atoms with Gasteiger partial charge in [0.25, 0.3) is 0 Å². The SMILES string of the molecule is CCN(CC(=O)N(C)C)S(=O)(=O)c1cc(C)c(F)c(N)c1. The molecule has 1 aromatic rings. The molecule has 21 heavy (non-hydrogen) atoms. The Balaban J connectivity index is 3.22. The van der Waals surface area contributed by atoms with E-state index in [9.17, 15) is 17.6 Å². The monoisotopic (exact) mass is 317 g/mol. The van der Waals surface area contributed by atoms with Gasteiger partial charge in [-0.3, -0.25) is 4.79 Å². The summed E-state index contributed by atoms with van der Waals surface area (Å²) in [6.45, 7) is 2.91. The van der Waals surface area contributed by atoms with Crippen LogP contribution in [0.15, 0.2) is 17.0 Å². The Morgan fingerprint density at radius 3 is 2.33 bits per heavy atom. The highest BCUT2D eigenvalue weighted by atomic mass is 32.2. The zero-order valence-electron chi connectivity index (χ0n) is 12.6. The summed E-state index contributed by atoms with van der Waals surface area (Å²) in [6, 6.07) is 2.28. The van der Waals surface area contributed by atoms with Gasteiger partial charge in [0.2, 0.25) is 15.9 Å². The first-order valence-electron chi connectivity index (χ1n) is 6.37. The van der Waals surface area contributed by atoms with Gasteiger partial charge >= 0.3 is 0 Å². The smallest absolute Gasteiger partial charge is 0.243 e.